The van der Waals surface area contributed by atoms with Crippen molar-refractivity contribution in [3.8, 4) is 6.07 Å². The fourth-order valence-electron chi connectivity index (χ4n) is 3.90. The molecular formula is C23H17N3O4S. The fourth-order valence-corrected chi connectivity index (χ4v) is 4.59. The van der Waals surface area contributed by atoms with Crippen molar-refractivity contribution < 1.29 is 18.4 Å². The molecule has 0 radical (unpaired) electrons. The molecule has 0 spiro atoms. The van der Waals surface area contributed by atoms with Gasteiger partial charge in [0, 0.05) is 17.7 Å². The Morgan fingerprint density at radius 1 is 1.19 bits per heavy atom. The molecular weight excluding hydrogens is 414 g/mol. The summed E-state index contributed by atoms with van der Waals surface area (Å²) in [5.41, 5.74) is 7.87. The summed E-state index contributed by atoms with van der Waals surface area (Å²) >= 11 is 1.39. The van der Waals surface area contributed by atoms with Crippen LogP contribution >= 0.6 is 11.3 Å². The van der Waals surface area contributed by atoms with Gasteiger partial charge in [-0.15, -0.1) is 11.3 Å². The SMILES string of the molecule is N#CC1=C(N)OC2=C(CN(C(=O)c3cccs3)C/C2=C\c2ccco2)C1c1ccco1. The number of carbonyl (C=O) groups excluding carboxylic acids is 1. The highest BCUT2D eigenvalue weighted by atomic mass is 32.1. The summed E-state index contributed by atoms with van der Waals surface area (Å²) in [6, 6.07) is 13.0. The minimum absolute atomic E-state index is 0.0334. The summed E-state index contributed by atoms with van der Waals surface area (Å²) in [7, 11) is 0. The summed E-state index contributed by atoms with van der Waals surface area (Å²) in [6.07, 6.45) is 4.95. The number of hydrogen-bond acceptors (Lipinski definition) is 7. The largest absolute Gasteiger partial charge is 0.468 e. The molecule has 5 rings (SSSR count). The molecule has 2 aliphatic heterocycles. The first-order valence-corrected chi connectivity index (χ1v) is 10.4. The van der Waals surface area contributed by atoms with E-state index in [4.69, 9.17) is 19.3 Å². The number of nitrogens with zero attached hydrogens (tertiary/aromatic N) is 2. The number of ether oxygens (including phenoxy) is 1. The van der Waals surface area contributed by atoms with Crippen LogP contribution in [0.5, 0.6) is 0 Å². The van der Waals surface area contributed by atoms with Crippen LogP contribution in [-0.4, -0.2) is 23.9 Å². The zero-order chi connectivity index (χ0) is 21.4. The molecule has 0 fully saturated rings. The molecule has 8 heteroatoms. The van der Waals surface area contributed by atoms with E-state index in [0.29, 0.717) is 28.7 Å². The van der Waals surface area contributed by atoms with Crippen LogP contribution in [0.15, 0.2) is 91.5 Å². The van der Waals surface area contributed by atoms with E-state index in [9.17, 15) is 10.1 Å². The lowest BCUT2D eigenvalue weighted by atomic mass is 9.83. The Balaban J connectivity index is 1.65. The molecule has 7 nitrogen and oxygen atoms in total. The predicted molar refractivity (Wildman–Crippen MR) is 113 cm³/mol. The summed E-state index contributed by atoms with van der Waals surface area (Å²) < 4.78 is 17.1. The van der Waals surface area contributed by atoms with Crippen molar-refractivity contribution >= 4 is 23.3 Å². The lowest BCUT2D eigenvalue weighted by Crippen LogP contribution is -2.41. The van der Waals surface area contributed by atoms with Crippen molar-refractivity contribution in [2.24, 2.45) is 5.73 Å². The van der Waals surface area contributed by atoms with Gasteiger partial charge >= 0.3 is 0 Å². The summed E-state index contributed by atoms with van der Waals surface area (Å²) in [4.78, 5) is 15.6. The third-order valence-electron chi connectivity index (χ3n) is 5.25. The van der Waals surface area contributed by atoms with E-state index in [1.54, 1.807) is 41.7 Å². The van der Waals surface area contributed by atoms with Crippen LogP contribution in [0.4, 0.5) is 0 Å². The Labute approximate surface area is 181 Å². The fraction of sp³-hybridized carbons (Fsp3) is 0.130. The van der Waals surface area contributed by atoms with Crippen molar-refractivity contribution in [3.63, 3.8) is 0 Å². The number of furan rings is 2. The van der Waals surface area contributed by atoms with E-state index in [2.05, 4.69) is 6.07 Å². The number of carbonyl (C=O) groups is 1. The van der Waals surface area contributed by atoms with Gasteiger partial charge < -0.3 is 24.2 Å². The van der Waals surface area contributed by atoms with E-state index in [0.717, 1.165) is 11.1 Å². The second kappa shape index (κ2) is 7.70. The van der Waals surface area contributed by atoms with Gasteiger partial charge in [0.25, 0.3) is 5.91 Å². The molecule has 0 aliphatic carbocycles. The van der Waals surface area contributed by atoms with E-state index >= 15 is 0 Å². The molecule has 1 amide bonds. The Morgan fingerprint density at radius 3 is 2.71 bits per heavy atom. The predicted octanol–water partition coefficient (Wildman–Crippen LogP) is 4.24. The molecule has 154 valence electrons. The number of nitrogens with two attached hydrogens (primary N) is 1. The average Bonchev–Trinajstić information content (AvgIpc) is 3.56. The molecule has 0 bridgehead atoms. The maximum Gasteiger partial charge on any atom is 0.264 e. The Kier molecular flexibility index (Phi) is 4.73. The van der Waals surface area contributed by atoms with Gasteiger partial charge in [0.1, 0.15) is 28.9 Å². The van der Waals surface area contributed by atoms with Gasteiger partial charge in [0.15, 0.2) is 0 Å². The minimum Gasteiger partial charge on any atom is -0.468 e. The van der Waals surface area contributed by atoms with Crippen LogP contribution in [0.1, 0.15) is 27.1 Å². The number of rotatable bonds is 3. The van der Waals surface area contributed by atoms with E-state index < -0.39 is 5.92 Å². The number of thiophene rings is 1. The van der Waals surface area contributed by atoms with Crippen LogP contribution < -0.4 is 5.73 Å². The van der Waals surface area contributed by atoms with Crippen molar-refractivity contribution in [1.29, 1.82) is 5.26 Å². The van der Waals surface area contributed by atoms with Gasteiger partial charge in [0.05, 0.1) is 29.9 Å². The minimum atomic E-state index is -0.539. The molecule has 3 aromatic rings. The average molecular weight is 431 g/mol. The molecule has 2 aliphatic rings. The van der Waals surface area contributed by atoms with Gasteiger partial charge in [-0.1, -0.05) is 6.07 Å². The third kappa shape index (κ3) is 3.35. The van der Waals surface area contributed by atoms with E-state index in [-0.39, 0.29) is 23.9 Å². The molecule has 0 saturated carbocycles. The summed E-state index contributed by atoms with van der Waals surface area (Å²) in [6.45, 7) is 0.599. The molecule has 31 heavy (non-hydrogen) atoms. The Bertz CT molecular complexity index is 1240. The van der Waals surface area contributed by atoms with Gasteiger partial charge in [-0.2, -0.15) is 5.26 Å². The second-order valence-electron chi connectivity index (χ2n) is 7.12. The quantitative estimate of drug-likeness (QED) is 0.665. The standard InChI is InChI=1S/C23H17N3O4S/c24-11-16-20(18-5-2-8-29-18)17-13-26(23(27)19-6-3-9-31-19)12-14(21(17)30-22(16)25)10-15-4-1-7-28-15/h1-10,20H,12-13,25H2/b14-10+. The highest BCUT2D eigenvalue weighted by molar-refractivity contribution is 7.12. The van der Waals surface area contributed by atoms with Gasteiger partial charge in [-0.3, -0.25) is 4.79 Å². The van der Waals surface area contributed by atoms with Gasteiger partial charge in [0.2, 0.25) is 5.88 Å². The second-order valence-corrected chi connectivity index (χ2v) is 8.07. The van der Waals surface area contributed by atoms with Crippen LogP contribution in [-0.2, 0) is 4.74 Å². The van der Waals surface area contributed by atoms with Crippen LogP contribution in [0.25, 0.3) is 6.08 Å². The molecule has 1 atom stereocenters. The lowest BCUT2D eigenvalue weighted by molar-refractivity contribution is 0.0771. The van der Waals surface area contributed by atoms with Crippen LogP contribution in [0, 0.1) is 11.3 Å². The molecule has 5 heterocycles. The Morgan fingerprint density at radius 2 is 2.03 bits per heavy atom. The van der Waals surface area contributed by atoms with Crippen LogP contribution in [0.3, 0.4) is 0 Å². The van der Waals surface area contributed by atoms with Crippen LogP contribution in [0.2, 0.25) is 0 Å². The van der Waals surface area contributed by atoms with Crippen molar-refractivity contribution in [2.45, 2.75) is 5.92 Å². The van der Waals surface area contributed by atoms with Gasteiger partial charge in [-0.25, -0.2) is 0 Å². The number of amides is 1. The van der Waals surface area contributed by atoms with E-state index in [1.165, 1.54) is 11.3 Å². The highest BCUT2D eigenvalue weighted by Crippen LogP contribution is 2.44. The topological polar surface area (TPSA) is 106 Å². The third-order valence-corrected chi connectivity index (χ3v) is 6.11. The molecule has 2 N–H and O–H groups in total. The van der Waals surface area contributed by atoms with E-state index in [1.807, 2.05) is 23.6 Å². The zero-order valence-corrected chi connectivity index (χ0v) is 17.1. The van der Waals surface area contributed by atoms with Crippen molar-refractivity contribution in [3.05, 3.63) is 99.1 Å². The molecule has 1 unspecified atom stereocenters. The molecule has 3 aromatic heterocycles. The van der Waals surface area contributed by atoms with Gasteiger partial charge in [-0.05, 0) is 41.8 Å². The summed E-state index contributed by atoms with van der Waals surface area (Å²) in [5, 5.41) is 11.6. The normalized spacial score (nSPS) is 19.9. The first kappa shape index (κ1) is 19.0. The number of allylic oxidation sites excluding steroid dienone is 1. The maximum absolute atomic E-state index is 13.2. The first-order chi connectivity index (χ1) is 15.2. The van der Waals surface area contributed by atoms with Crippen molar-refractivity contribution in [1.82, 2.24) is 4.90 Å². The molecule has 0 aromatic carbocycles. The highest BCUT2D eigenvalue weighted by Gasteiger charge is 2.40. The monoisotopic (exact) mass is 431 g/mol. The molecule has 0 saturated heterocycles. The number of hydrogen-bond donors (Lipinski definition) is 1. The smallest absolute Gasteiger partial charge is 0.264 e. The summed E-state index contributed by atoms with van der Waals surface area (Å²) in [5.74, 6) is 1.14. The first-order valence-electron chi connectivity index (χ1n) is 9.57. The zero-order valence-electron chi connectivity index (χ0n) is 16.3. The Hall–Kier alpha value is -3.96. The number of nitriles is 1. The van der Waals surface area contributed by atoms with Crippen molar-refractivity contribution in [2.75, 3.05) is 13.1 Å². The lowest BCUT2D eigenvalue weighted by Gasteiger charge is -2.37. The maximum atomic E-state index is 13.2.